The molecule has 0 bridgehead atoms. The minimum Gasteiger partial charge on any atom is -0.489 e. The van der Waals surface area contributed by atoms with Gasteiger partial charge in [-0.3, -0.25) is 4.79 Å². The molecule has 0 spiro atoms. The van der Waals surface area contributed by atoms with Gasteiger partial charge in [0.15, 0.2) is 11.6 Å². The summed E-state index contributed by atoms with van der Waals surface area (Å²) in [6.07, 6.45) is -4.74. The minimum atomic E-state index is -4.74. The summed E-state index contributed by atoms with van der Waals surface area (Å²) < 4.78 is 73.1. The second kappa shape index (κ2) is 7.10. The summed E-state index contributed by atoms with van der Waals surface area (Å²) in [5.74, 6) is -5.63. The number of amides is 1. The van der Waals surface area contributed by atoms with Gasteiger partial charge in [0.05, 0.1) is 10.7 Å². The van der Waals surface area contributed by atoms with E-state index in [9.17, 15) is 26.7 Å². The van der Waals surface area contributed by atoms with E-state index in [1.165, 1.54) is 6.92 Å². The Balaban J connectivity index is 2.35. The van der Waals surface area contributed by atoms with Crippen LogP contribution < -0.4 is 16.2 Å². The minimum absolute atomic E-state index is 0.0356. The fraction of sp³-hybridized carbons (Fsp3) is 0.333. The Labute approximate surface area is 166 Å². The van der Waals surface area contributed by atoms with Crippen molar-refractivity contribution in [2.24, 2.45) is 11.5 Å². The van der Waals surface area contributed by atoms with E-state index in [4.69, 9.17) is 27.8 Å². The first kappa shape index (κ1) is 21.3. The maximum absolute atomic E-state index is 13.8. The lowest BCUT2D eigenvalue weighted by Crippen LogP contribution is -2.40. The number of primary amides is 1. The molecule has 0 radical (unpaired) electrons. The molecule has 1 aliphatic heterocycles. The number of hydrogen-bond acceptors (Lipinski definition) is 4. The van der Waals surface area contributed by atoms with Crippen LogP contribution in [0.5, 0.6) is 5.75 Å². The molecule has 0 fully saturated rings. The quantitative estimate of drug-likeness (QED) is 0.568. The van der Waals surface area contributed by atoms with Crippen LogP contribution in [0, 0.1) is 11.6 Å². The van der Waals surface area contributed by atoms with Gasteiger partial charge in [-0.05, 0) is 25.1 Å². The highest BCUT2D eigenvalue weighted by molar-refractivity contribution is 6.33. The van der Waals surface area contributed by atoms with Crippen molar-refractivity contribution in [3.05, 3.63) is 46.1 Å². The third-order valence-electron chi connectivity index (χ3n) is 4.89. The third kappa shape index (κ3) is 3.51. The molecule has 2 aromatic rings. The van der Waals surface area contributed by atoms with E-state index in [1.54, 1.807) is 0 Å². The molecule has 3 rings (SSSR count). The Kier molecular flexibility index (Phi) is 5.20. The Morgan fingerprint density at radius 2 is 1.93 bits per heavy atom. The molecule has 1 aromatic carbocycles. The first-order chi connectivity index (χ1) is 13.4. The molecule has 1 aliphatic rings. The van der Waals surface area contributed by atoms with Crippen LogP contribution in [0.1, 0.15) is 24.1 Å². The lowest BCUT2D eigenvalue weighted by atomic mass is 9.82. The lowest BCUT2D eigenvalue weighted by molar-refractivity contribution is -0.148. The van der Waals surface area contributed by atoms with E-state index in [0.717, 1.165) is 6.07 Å². The Morgan fingerprint density at radius 3 is 2.48 bits per heavy atom. The zero-order valence-electron chi connectivity index (χ0n) is 14.9. The van der Waals surface area contributed by atoms with Gasteiger partial charge in [0, 0.05) is 17.7 Å². The van der Waals surface area contributed by atoms with Crippen molar-refractivity contribution < 1.29 is 31.5 Å². The van der Waals surface area contributed by atoms with Crippen LogP contribution in [0.2, 0.25) is 5.02 Å². The Morgan fingerprint density at radius 1 is 1.31 bits per heavy atom. The van der Waals surface area contributed by atoms with E-state index < -0.39 is 47.3 Å². The van der Waals surface area contributed by atoms with Crippen molar-refractivity contribution in [3.63, 3.8) is 0 Å². The number of carbonyl (C=O) groups excluding carboxylic acids is 1. The maximum atomic E-state index is 13.8. The molecule has 0 saturated carbocycles. The zero-order chi connectivity index (χ0) is 21.7. The number of hydrogen-bond donors (Lipinski definition) is 2. The van der Waals surface area contributed by atoms with E-state index in [-0.39, 0.29) is 34.2 Å². The summed E-state index contributed by atoms with van der Waals surface area (Å²) in [6, 6.07) is 2.41. The number of halogens is 6. The average molecular weight is 436 g/mol. The molecule has 29 heavy (non-hydrogen) atoms. The van der Waals surface area contributed by atoms with Gasteiger partial charge in [-0.1, -0.05) is 11.6 Å². The molecule has 0 aliphatic carbocycles. The van der Waals surface area contributed by atoms with Gasteiger partial charge >= 0.3 is 6.18 Å². The van der Waals surface area contributed by atoms with E-state index in [2.05, 4.69) is 4.98 Å². The average Bonchev–Trinajstić information content (AvgIpc) is 2.96. The molecule has 4 N–H and O–H groups in total. The predicted molar refractivity (Wildman–Crippen MR) is 94.5 cm³/mol. The SMILES string of the molecule is C[C@]1(C(N)=O)COc2c1cc([C@@H](CN)C(F)(F)F)nc2-c1cc(F)c(F)cc1Cl. The smallest absolute Gasteiger partial charge is 0.398 e. The number of fused-ring (bicyclic) bond motifs is 1. The molecule has 156 valence electrons. The number of nitrogens with two attached hydrogens (primary N) is 2. The van der Waals surface area contributed by atoms with Gasteiger partial charge in [-0.15, -0.1) is 0 Å². The predicted octanol–water partition coefficient (Wildman–Crippen LogP) is 3.42. The van der Waals surface area contributed by atoms with Crippen molar-refractivity contribution in [2.45, 2.75) is 24.4 Å². The van der Waals surface area contributed by atoms with Crippen molar-refractivity contribution >= 4 is 17.5 Å². The molecule has 5 nitrogen and oxygen atoms in total. The van der Waals surface area contributed by atoms with Crippen LogP contribution in [-0.4, -0.2) is 30.2 Å². The molecular formula is C18H15ClF5N3O2. The molecule has 0 unspecified atom stereocenters. The highest BCUT2D eigenvalue weighted by atomic mass is 35.5. The first-order valence-corrected chi connectivity index (χ1v) is 8.67. The molecule has 2 heterocycles. The van der Waals surface area contributed by atoms with Crippen molar-refractivity contribution in [2.75, 3.05) is 13.2 Å². The van der Waals surface area contributed by atoms with Crippen molar-refractivity contribution in [3.8, 4) is 17.0 Å². The summed E-state index contributed by atoms with van der Waals surface area (Å²) >= 11 is 5.99. The van der Waals surface area contributed by atoms with Gasteiger partial charge in [0.25, 0.3) is 0 Å². The van der Waals surface area contributed by atoms with E-state index >= 15 is 0 Å². The Bertz CT molecular complexity index is 998. The number of alkyl halides is 3. The molecule has 2 atom stereocenters. The number of ether oxygens (including phenoxy) is 1. The van der Waals surface area contributed by atoms with E-state index in [1.807, 2.05) is 0 Å². The van der Waals surface area contributed by atoms with Crippen LogP contribution >= 0.6 is 11.6 Å². The lowest BCUT2D eigenvalue weighted by Gasteiger charge is -2.22. The number of pyridine rings is 1. The molecule has 1 aromatic heterocycles. The van der Waals surface area contributed by atoms with Gasteiger partial charge < -0.3 is 16.2 Å². The molecular weight excluding hydrogens is 421 g/mol. The van der Waals surface area contributed by atoms with Crippen LogP contribution in [0.15, 0.2) is 18.2 Å². The standard InChI is InChI=1S/C18H15ClF5N3O2/c1-17(16(26)28)6-29-15-8(17)3-13(9(5-25)18(22,23)24)27-14(15)7-2-11(20)12(21)4-10(7)19/h2-4,9H,5-6,25H2,1H3,(H2,26,28)/t9-,17+/m1/s1. The van der Waals surface area contributed by atoms with Crippen LogP contribution in [0.25, 0.3) is 11.3 Å². The number of rotatable bonds is 4. The van der Waals surface area contributed by atoms with Crippen LogP contribution in [0.4, 0.5) is 22.0 Å². The van der Waals surface area contributed by atoms with E-state index in [0.29, 0.717) is 12.1 Å². The monoisotopic (exact) mass is 435 g/mol. The van der Waals surface area contributed by atoms with Gasteiger partial charge in [-0.2, -0.15) is 13.2 Å². The fourth-order valence-corrected chi connectivity index (χ4v) is 3.33. The molecule has 1 amide bonds. The maximum Gasteiger partial charge on any atom is 0.398 e. The highest BCUT2D eigenvalue weighted by Crippen LogP contribution is 2.47. The van der Waals surface area contributed by atoms with Gasteiger partial charge in [0.2, 0.25) is 5.91 Å². The summed E-state index contributed by atoms with van der Waals surface area (Å²) in [5.41, 5.74) is 8.33. The summed E-state index contributed by atoms with van der Waals surface area (Å²) in [5, 5.41) is -0.302. The van der Waals surface area contributed by atoms with Crippen LogP contribution in [-0.2, 0) is 10.2 Å². The summed E-state index contributed by atoms with van der Waals surface area (Å²) in [4.78, 5) is 15.9. The summed E-state index contributed by atoms with van der Waals surface area (Å²) in [6.45, 7) is 0.303. The second-order valence-electron chi connectivity index (χ2n) is 6.83. The number of carbonyl (C=O) groups is 1. The van der Waals surface area contributed by atoms with Crippen LogP contribution in [0.3, 0.4) is 0 Å². The second-order valence-corrected chi connectivity index (χ2v) is 7.24. The zero-order valence-corrected chi connectivity index (χ0v) is 15.7. The first-order valence-electron chi connectivity index (χ1n) is 8.30. The van der Waals surface area contributed by atoms with Crippen molar-refractivity contribution in [1.82, 2.24) is 4.98 Å². The topological polar surface area (TPSA) is 91.2 Å². The third-order valence-corrected chi connectivity index (χ3v) is 5.20. The largest absolute Gasteiger partial charge is 0.489 e. The number of aromatic nitrogens is 1. The Hall–Kier alpha value is -2.46. The highest BCUT2D eigenvalue weighted by Gasteiger charge is 2.47. The summed E-state index contributed by atoms with van der Waals surface area (Å²) in [7, 11) is 0. The number of nitrogens with zero attached hydrogens (tertiary/aromatic N) is 1. The molecule has 0 saturated heterocycles. The number of benzene rings is 1. The fourth-order valence-electron chi connectivity index (χ4n) is 3.09. The van der Waals surface area contributed by atoms with Crippen molar-refractivity contribution in [1.29, 1.82) is 0 Å². The van der Waals surface area contributed by atoms with Gasteiger partial charge in [0.1, 0.15) is 29.4 Å². The molecule has 11 heteroatoms. The normalized spacial score (nSPS) is 19.6. The van der Waals surface area contributed by atoms with Gasteiger partial charge in [-0.25, -0.2) is 13.8 Å².